The van der Waals surface area contributed by atoms with Gasteiger partial charge in [0, 0.05) is 25.2 Å². The molecule has 0 fully saturated rings. The maximum atomic E-state index is 10.1. The average molecular weight is 230 g/mol. The molecule has 0 radical (unpaired) electrons. The molecule has 17 heavy (non-hydrogen) atoms. The van der Waals surface area contributed by atoms with Crippen LogP contribution in [0.1, 0.15) is 23.1 Å². The molecule has 1 aliphatic rings. The van der Waals surface area contributed by atoms with Crippen molar-refractivity contribution in [3.05, 3.63) is 47.5 Å². The Labute approximate surface area is 99.3 Å². The van der Waals surface area contributed by atoms with Gasteiger partial charge in [0.05, 0.1) is 12.7 Å². The summed E-state index contributed by atoms with van der Waals surface area (Å²) in [6, 6.07) is 5.87. The number of imidazole rings is 1. The number of ether oxygens (including phenoxy) is 1. The van der Waals surface area contributed by atoms with Crippen molar-refractivity contribution in [1.82, 2.24) is 9.97 Å². The lowest BCUT2D eigenvalue weighted by atomic mass is 10.0. The second kappa shape index (κ2) is 4.22. The van der Waals surface area contributed by atoms with E-state index < -0.39 is 6.10 Å². The Morgan fingerprint density at radius 1 is 1.47 bits per heavy atom. The molecule has 0 saturated carbocycles. The number of aromatic amines is 1. The molecule has 0 saturated heterocycles. The fourth-order valence-corrected chi connectivity index (χ4v) is 2.12. The Kier molecular flexibility index (Phi) is 2.57. The Hall–Kier alpha value is -1.81. The molecule has 2 heterocycles. The molecule has 4 nitrogen and oxygen atoms in total. The van der Waals surface area contributed by atoms with E-state index in [2.05, 4.69) is 9.97 Å². The van der Waals surface area contributed by atoms with Gasteiger partial charge in [0.15, 0.2) is 0 Å². The minimum atomic E-state index is -0.521. The van der Waals surface area contributed by atoms with Gasteiger partial charge in [-0.2, -0.15) is 0 Å². The predicted octanol–water partition coefficient (Wildman–Crippen LogP) is 1.62. The number of benzene rings is 1. The van der Waals surface area contributed by atoms with Crippen LogP contribution in [0.2, 0.25) is 0 Å². The zero-order valence-electron chi connectivity index (χ0n) is 9.39. The van der Waals surface area contributed by atoms with Gasteiger partial charge in [0.25, 0.3) is 0 Å². The van der Waals surface area contributed by atoms with Crippen LogP contribution in [0.4, 0.5) is 0 Å². The summed E-state index contributed by atoms with van der Waals surface area (Å²) in [4.78, 5) is 7.11. The van der Waals surface area contributed by atoms with E-state index in [1.165, 1.54) is 5.56 Å². The lowest BCUT2D eigenvalue weighted by Gasteiger charge is -2.10. The minimum absolute atomic E-state index is 0.507. The van der Waals surface area contributed by atoms with Crippen molar-refractivity contribution in [3.63, 3.8) is 0 Å². The molecule has 4 heteroatoms. The van der Waals surface area contributed by atoms with Gasteiger partial charge in [-0.25, -0.2) is 4.98 Å². The highest BCUT2D eigenvalue weighted by Crippen LogP contribution is 2.28. The van der Waals surface area contributed by atoms with Crippen LogP contribution in [-0.4, -0.2) is 21.7 Å². The summed E-state index contributed by atoms with van der Waals surface area (Å²) in [6.07, 6.45) is 4.37. The standard InChI is InChI=1S/C13H14N2O2/c16-11(8-13-14-4-5-15-13)9-1-2-12-10(7-9)3-6-17-12/h1-2,4-5,7,11,16H,3,6,8H2,(H,14,15). The number of aliphatic hydroxyl groups excluding tert-OH is 1. The van der Waals surface area contributed by atoms with Crippen LogP contribution in [0.15, 0.2) is 30.6 Å². The van der Waals surface area contributed by atoms with Crippen LogP contribution in [-0.2, 0) is 12.8 Å². The summed E-state index contributed by atoms with van der Waals surface area (Å²) in [6.45, 7) is 0.743. The maximum absolute atomic E-state index is 10.1. The number of fused-ring (bicyclic) bond motifs is 1. The lowest BCUT2D eigenvalue weighted by Crippen LogP contribution is -2.03. The van der Waals surface area contributed by atoms with Crippen molar-refractivity contribution in [3.8, 4) is 5.75 Å². The number of rotatable bonds is 3. The molecule has 88 valence electrons. The average Bonchev–Trinajstić information content (AvgIpc) is 2.97. The van der Waals surface area contributed by atoms with Crippen LogP contribution in [0, 0.1) is 0 Å². The molecule has 2 N–H and O–H groups in total. The zero-order valence-corrected chi connectivity index (χ0v) is 9.39. The fourth-order valence-electron chi connectivity index (χ4n) is 2.12. The third-order valence-electron chi connectivity index (χ3n) is 3.04. The summed E-state index contributed by atoms with van der Waals surface area (Å²) >= 11 is 0. The van der Waals surface area contributed by atoms with E-state index in [-0.39, 0.29) is 0 Å². The number of H-pyrrole nitrogens is 1. The van der Waals surface area contributed by atoms with Gasteiger partial charge in [-0.3, -0.25) is 0 Å². The summed E-state index contributed by atoms with van der Waals surface area (Å²) in [5.41, 5.74) is 2.10. The van der Waals surface area contributed by atoms with E-state index in [9.17, 15) is 5.11 Å². The maximum Gasteiger partial charge on any atom is 0.122 e. The molecule has 1 unspecified atom stereocenters. The molecule has 3 rings (SSSR count). The first-order valence-corrected chi connectivity index (χ1v) is 5.75. The topological polar surface area (TPSA) is 58.1 Å². The quantitative estimate of drug-likeness (QED) is 0.842. The second-order valence-electron chi connectivity index (χ2n) is 4.22. The van der Waals surface area contributed by atoms with Gasteiger partial charge < -0.3 is 14.8 Å². The molecule has 2 aromatic rings. The molecule has 1 aliphatic heterocycles. The van der Waals surface area contributed by atoms with Crippen LogP contribution in [0.3, 0.4) is 0 Å². The van der Waals surface area contributed by atoms with Gasteiger partial charge in [-0.05, 0) is 23.3 Å². The lowest BCUT2D eigenvalue weighted by molar-refractivity contribution is 0.176. The smallest absolute Gasteiger partial charge is 0.122 e. The van der Waals surface area contributed by atoms with E-state index >= 15 is 0 Å². The largest absolute Gasteiger partial charge is 0.493 e. The van der Waals surface area contributed by atoms with Crippen LogP contribution in [0.25, 0.3) is 0 Å². The Balaban J connectivity index is 1.79. The summed E-state index contributed by atoms with van der Waals surface area (Å²) in [5, 5.41) is 10.1. The van der Waals surface area contributed by atoms with E-state index in [0.29, 0.717) is 6.42 Å². The summed E-state index contributed by atoms with van der Waals surface area (Å²) < 4.78 is 5.44. The molecular formula is C13H14N2O2. The van der Waals surface area contributed by atoms with Gasteiger partial charge in [0.1, 0.15) is 11.6 Å². The first-order chi connectivity index (χ1) is 8.33. The van der Waals surface area contributed by atoms with Gasteiger partial charge >= 0.3 is 0 Å². The van der Waals surface area contributed by atoms with Crippen molar-refractivity contribution in [1.29, 1.82) is 0 Å². The van der Waals surface area contributed by atoms with Gasteiger partial charge in [-0.15, -0.1) is 0 Å². The molecular weight excluding hydrogens is 216 g/mol. The molecule has 0 amide bonds. The van der Waals surface area contributed by atoms with Gasteiger partial charge in [0.2, 0.25) is 0 Å². The number of hydrogen-bond donors (Lipinski definition) is 2. The van der Waals surface area contributed by atoms with Crippen molar-refractivity contribution in [2.75, 3.05) is 6.61 Å². The highest BCUT2D eigenvalue weighted by Gasteiger charge is 2.16. The van der Waals surface area contributed by atoms with Crippen LogP contribution < -0.4 is 4.74 Å². The van der Waals surface area contributed by atoms with Crippen molar-refractivity contribution in [2.45, 2.75) is 18.9 Å². The highest BCUT2D eigenvalue weighted by molar-refractivity contribution is 5.40. The van der Waals surface area contributed by atoms with E-state index in [0.717, 1.165) is 30.2 Å². The normalized spacial score (nSPS) is 15.4. The third kappa shape index (κ3) is 2.03. The van der Waals surface area contributed by atoms with Crippen LogP contribution in [0.5, 0.6) is 5.75 Å². The molecule has 1 aromatic carbocycles. The molecule has 0 bridgehead atoms. The van der Waals surface area contributed by atoms with E-state index in [1.54, 1.807) is 12.4 Å². The Morgan fingerprint density at radius 3 is 3.24 bits per heavy atom. The zero-order chi connectivity index (χ0) is 11.7. The Bertz CT molecular complexity index is 508. The van der Waals surface area contributed by atoms with Gasteiger partial charge in [-0.1, -0.05) is 6.07 Å². The molecule has 0 aliphatic carbocycles. The SMILES string of the molecule is OC(Cc1ncc[nH]1)c1ccc2c(c1)CCO2. The number of aliphatic hydroxyl groups is 1. The predicted molar refractivity (Wildman–Crippen MR) is 62.9 cm³/mol. The van der Waals surface area contributed by atoms with Crippen molar-refractivity contribution in [2.24, 2.45) is 0 Å². The number of nitrogens with one attached hydrogen (secondary N) is 1. The first-order valence-electron chi connectivity index (χ1n) is 5.75. The first kappa shape index (κ1) is 10.4. The monoisotopic (exact) mass is 230 g/mol. The minimum Gasteiger partial charge on any atom is -0.493 e. The second-order valence-corrected chi connectivity index (χ2v) is 4.22. The van der Waals surface area contributed by atoms with E-state index in [1.807, 2.05) is 18.2 Å². The Morgan fingerprint density at radius 2 is 2.41 bits per heavy atom. The van der Waals surface area contributed by atoms with Crippen molar-refractivity contribution >= 4 is 0 Å². The summed E-state index contributed by atoms with van der Waals surface area (Å²) in [5.74, 6) is 1.74. The number of aromatic nitrogens is 2. The highest BCUT2D eigenvalue weighted by atomic mass is 16.5. The third-order valence-corrected chi connectivity index (χ3v) is 3.04. The van der Waals surface area contributed by atoms with Crippen LogP contribution >= 0.6 is 0 Å². The fraction of sp³-hybridized carbons (Fsp3) is 0.308. The summed E-state index contributed by atoms with van der Waals surface area (Å²) in [7, 11) is 0. The molecule has 1 atom stereocenters. The van der Waals surface area contributed by atoms with E-state index in [4.69, 9.17) is 4.74 Å². The number of hydrogen-bond acceptors (Lipinski definition) is 3. The molecule has 1 aromatic heterocycles. The van der Waals surface area contributed by atoms with Crippen molar-refractivity contribution < 1.29 is 9.84 Å². The number of nitrogens with zero attached hydrogens (tertiary/aromatic N) is 1. The molecule has 0 spiro atoms.